The Morgan fingerprint density at radius 1 is 0.720 bits per heavy atom. The summed E-state index contributed by atoms with van der Waals surface area (Å²) in [7, 11) is -4.66. The third kappa shape index (κ3) is 33.1. The molecule has 4 N–H and O–H groups in total. The molecule has 0 heterocycles. The lowest BCUT2D eigenvalue weighted by molar-refractivity contribution is -0.161. The van der Waals surface area contributed by atoms with Crippen molar-refractivity contribution in [2.24, 2.45) is 5.92 Å². The number of carbonyl (C=O) groups excluding carboxylic acids is 2. The highest BCUT2D eigenvalue weighted by molar-refractivity contribution is 7.47. The molecule has 0 radical (unpaired) electrons. The van der Waals surface area contributed by atoms with Crippen LogP contribution in [0.1, 0.15) is 130 Å². The van der Waals surface area contributed by atoms with E-state index in [2.05, 4.69) is 49.6 Å². The van der Waals surface area contributed by atoms with Crippen molar-refractivity contribution in [2.45, 2.75) is 148 Å². The Bertz CT molecular complexity index is 1010. The van der Waals surface area contributed by atoms with Crippen molar-refractivity contribution < 1.29 is 52.9 Å². The van der Waals surface area contributed by atoms with Gasteiger partial charge in [0.05, 0.1) is 25.9 Å². The molecule has 0 spiro atoms. The van der Waals surface area contributed by atoms with Gasteiger partial charge in [-0.15, -0.1) is 0 Å². The minimum atomic E-state index is -4.66. The van der Waals surface area contributed by atoms with Crippen LogP contribution in [-0.4, -0.2) is 76.9 Å². The molecule has 0 aromatic rings. The van der Waals surface area contributed by atoms with Crippen LogP contribution in [0, 0.1) is 5.92 Å². The summed E-state index contributed by atoms with van der Waals surface area (Å²) in [5, 5.41) is 28.5. The van der Waals surface area contributed by atoms with Gasteiger partial charge in [0.15, 0.2) is 6.10 Å². The second-order valence-electron chi connectivity index (χ2n) is 12.9. The molecule has 0 saturated heterocycles. The first kappa shape index (κ1) is 47.9. The summed E-state index contributed by atoms with van der Waals surface area (Å²) in [6.07, 6.45) is 27.2. The molecule has 0 aliphatic carbocycles. The number of aliphatic hydroxyl groups excluding tert-OH is 3. The maximum absolute atomic E-state index is 12.5. The predicted molar refractivity (Wildman–Crippen MR) is 197 cm³/mol. The van der Waals surface area contributed by atoms with Crippen LogP contribution >= 0.6 is 7.82 Å². The second-order valence-corrected chi connectivity index (χ2v) is 14.4. The van der Waals surface area contributed by atoms with E-state index in [1.54, 1.807) is 12.2 Å². The van der Waals surface area contributed by atoms with Crippen molar-refractivity contribution in [3.8, 4) is 0 Å². The molecule has 0 aliphatic heterocycles. The average Bonchev–Trinajstić information content (AvgIpc) is 3.08. The summed E-state index contributed by atoms with van der Waals surface area (Å²) < 4.78 is 32.3. The number of ether oxygens (including phenoxy) is 2. The largest absolute Gasteiger partial charge is 0.472 e. The van der Waals surface area contributed by atoms with E-state index in [0.717, 1.165) is 38.5 Å². The van der Waals surface area contributed by atoms with Gasteiger partial charge in [-0.05, 0) is 50.9 Å². The van der Waals surface area contributed by atoms with Crippen molar-refractivity contribution in [1.29, 1.82) is 0 Å². The Morgan fingerprint density at radius 3 is 2.06 bits per heavy atom. The van der Waals surface area contributed by atoms with Crippen LogP contribution in [-0.2, 0) is 32.7 Å². The summed E-state index contributed by atoms with van der Waals surface area (Å²) in [5.74, 6) is -0.432. The number of carbonyl (C=O) groups is 2. The highest BCUT2D eigenvalue weighted by Gasteiger charge is 2.27. The van der Waals surface area contributed by atoms with Crippen LogP contribution in [0.5, 0.6) is 0 Å². The zero-order valence-electron chi connectivity index (χ0n) is 30.9. The van der Waals surface area contributed by atoms with Crippen LogP contribution in [0.3, 0.4) is 0 Å². The number of rotatable bonds is 33. The lowest BCUT2D eigenvalue weighted by Crippen LogP contribution is -2.30. The van der Waals surface area contributed by atoms with Crippen molar-refractivity contribution in [3.05, 3.63) is 48.6 Å². The molecule has 0 saturated carbocycles. The van der Waals surface area contributed by atoms with Crippen molar-refractivity contribution in [1.82, 2.24) is 0 Å². The van der Waals surface area contributed by atoms with E-state index in [0.29, 0.717) is 25.2 Å². The highest BCUT2D eigenvalue weighted by atomic mass is 31.2. The Balaban J connectivity index is 4.62. The van der Waals surface area contributed by atoms with Crippen LogP contribution in [0.25, 0.3) is 0 Å². The third-order valence-electron chi connectivity index (χ3n) is 7.52. The summed E-state index contributed by atoms with van der Waals surface area (Å²) in [5.41, 5.74) is 0. The quantitative estimate of drug-likeness (QED) is 0.0171. The van der Waals surface area contributed by atoms with E-state index in [9.17, 15) is 29.3 Å². The standard InChI is InChI=1S/C38H67O11P/c1-4-5-6-7-8-9-10-11-12-13-14-18-21-25-34(40)26-23-28-38(43)49-36(32-48-50(44,45)47-30-35(41)29-39)31-46-37(42)27-22-19-16-15-17-20-24-33(2)3/h8-9,11-12,14,18,21,25,33-36,39-41H,4-7,10,13,15-17,19-20,22-24,26-32H2,1-3H3,(H,44,45)/b9-8-,12-11-,18-14-,25-21+/t34-,35-,36+/m0/s1. The van der Waals surface area contributed by atoms with Crippen LogP contribution in [0.2, 0.25) is 0 Å². The molecule has 0 aliphatic rings. The molecule has 1 unspecified atom stereocenters. The van der Waals surface area contributed by atoms with Gasteiger partial charge in [-0.2, -0.15) is 0 Å². The van der Waals surface area contributed by atoms with Crippen LogP contribution in [0.4, 0.5) is 0 Å². The predicted octanol–water partition coefficient (Wildman–Crippen LogP) is 7.82. The molecular formula is C38H67O11P. The molecule has 4 atom stereocenters. The third-order valence-corrected chi connectivity index (χ3v) is 8.47. The van der Waals surface area contributed by atoms with Gasteiger partial charge in [-0.25, -0.2) is 4.57 Å². The van der Waals surface area contributed by atoms with E-state index in [4.69, 9.17) is 19.1 Å². The normalized spacial score (nSPS) is 15.4. The van der Waals surface area contributed by atoms with E-state index in [1.807, 2.05) is 12.2 Å². The van der Waals surface area contributed by atoms with Gasteiger partial charge in [0, 0.05) is 12.8 Å². The topological polar surface area (TPSA) is 169 Å². The SMILES string of the molecule is CCCCC/C=C\C/C=C\C/C=C\C=C\[C@H](O)CCCC(=O)O[C@H](COC(=O)CCCCCCCCC(C)C)COP(=O)(O)OC[C@@H](O)CO. The van der Waals surface area contributed by atoms with Gasteiger partial charge in [-0.3, -0.25) is 18.6 Å². The number of esters is 2. The molecule has 11 nitrogen and oxygen atoms in total. The number of aliphatic hydroxyl groups is 3. The minimum absolute atomic E-state index is 0.0455. The fraction of sp³-hybridized carbons (Fsp3) is 0.737. The number of phosphoric ester groups is 1. The second kappa shape index (κ2) is 32.8. The first-order valence-electron chi connectivity index (χ1n) is 18.6. The van der Waals surface area contributed by atoms with Crippen LogP contribution in [0.15, 0.2) is 48.6 Å². The monoisotopic (exact) mass is 730 g/mol. The molecule has 0 bridgehead atoms. The van der Waals surface area contributed by atoms with Crippen molar-refractivity contribution >= 4 is 19.8 Å². The summed E-state index contributed by atoms with van der Waals surface area (Å²) in [6, 6.07) is 0. The maximum atomic E-state index is 12.5. The average molecular weight is 731 g/mol. The molecule has 0 aromatic carbocycles. The molecular weight excluding hydrogens is 663 g/mol. The van der Waals surface area contributed by atoms with Gasteiger partial charge >= 0.3 is 19.8 Å². The summed E-state index contributed by atoms with van der Waals surface area (Å²) in [6.45, 7) is 4.30. The van der Waals surface area contributed by atoms with E-state index in [1.165, 1.54) is 38.5 Å². The number of unbranched alkanes of at least 4 members (excludes halogenated alkanes) is 8. The molecule has 0 aromatic heterocycles. The first-order valence-corrected chi connectivity index (χ1v) is 20.1. The number of phosphoric acid groups is 1. The lowest BCUT2D eigenvalue weighted by atomic mass is 10.0. The van der Waals surface area contributed by atoms with E-state index >= 15 is 0 Å². The molecule has 290 valence electrons. The van der Waals surface area contributed by atoms with Crippen molar-refractivity contribution in [2.75, 3.05) is 26.4 Å². The Kier molecular flexibility index (Phi) is 31.4. The smallest absolute Gasteiger partial charge is 0.462 e. The van der Waals surface area contributed by atoms with Crippen molar-refractivity contribution in [3.63, 3.8) is 0 Å². The van der Waals surface area contributed by atoms with E-state index < -0.39 is 57.9 Å². The summed E-state index contributed by atoms with van der Waals surface area (Å²) in [4.78, 5) is 34.7. The number of hydrogen-bond acceptors (Lipinski definition) is 10. The van der Waals surface area contributed by atoms with Gasteiger partial charge in [0.2, 0.25) is 0 Å². The fourth-order valence-corrected chi connectivity index (χ4v) is 5.36. The molecule has 0 amide bonds. The lowest BCUT2D eigenvalue weighted by Gasteiger charge is -2.20. The molecule has 0 fully saturated rings. The van der Waals surface area contributed by atoms with Crippen LogP contribution < -0.4 is 0 Å². The van der Waals surface area contributed by atoms with Gasteiger partial charge in [0.25, 0.3) is 0 Å². The van der Waals surface area contributed by atoms with Gasteiger partial charge in [0.1, 0.15) is 12.7 Å². The summed E-state index contributed by atoms with van der Waals surface area (Å²) >= 11 is 0. The zero-order valence-corrected chi connectivity index (χ0v) is 31.8. The maximum Gasteiger partial charge on any atom is 0.472 e. The highest BCUT2D eigenvalue weighted by Crippen LogP contribution is 2.43. The minimum Gasteiger partial charge on any atom is -0.462 e. The molecule has 12 heteroatoms. The Morgan fingerprint density at radius 2 is 1.36 bits per heavy atom. The molecule has 50 heavy (non-hydrogen) atoms. The Hall–Kier alpha value is -2.11. The first-order chi connectivity index (χ1) is 24.0. The van der Waals surface area contributed by atoms with Gasteiger partial charge < -0.3 is 29.7 Å². The van der Waals surface area contributed by atoms with Gasteiger partial charge in [-0.1, -0.05) is 121 Å². The molecule has 0 rings (SSSR count). The number of allylic oxidation sites excluding steroid dienone is 7. The Labute approximate surface area is 301 Å². The fourth-order valence-electron chi connectivity index (χ4n) is 4.57. The number of hydrogen-bond donors (Lipinski definition) is 4. The van der Waals surface area contributed by atoms with E-state index in [-0.39, 0.29) is 19.4 Å². The zero-order chi connectivity index (χ0) is 37.3.